The average Bonchev–Trinajstić information content (AvgIpc) is 2.41. The summed E-state index contributed by atoms with van der Waals surface area (Å²) in [7, 11) is 0. The van der Waals surface area contributed by atoms with Crippen LogP contribution in [-0.2, 0) is 0 Å². The molecule has 1 atom stereocenters. The maximum atomic E-state index is 13.3. The molecule has 0 amide bonds. The molecule has 0 bridgehead atoms. The van der Waals surface area contributed by atoms with E-state index in [0.717, 1.165) is 0 Å². The van der Waals surface area contributed by atoms with Crippen molar-refractivity contribution in [3.05, 3.63) is 58.1 Å². The van der Waals surface area contributed by atoms with Gasteiger partial charge in [0.1, 0.15) is 17.7 Å². The lowest BCUT2D eigenvalue weighted by atomic mass is 9.98. The number of nitrogens with zero attached hydrogens (tertiary/aromatic N) is 1. The quantitative estimate of drug-likeness (QED) is 0.804. The SMILES string of the molecule is O=C1CC(c2ccccn2)Oc2c(Br)cc(F)cc21. The lowest BCUT2D eigenvalue weighted by Crippen LogP contribution is -2.21. The fourth-order valence-corrected chi connectivity index (χ4v) is 2.61. The summed E-state index contributed by atoms with van der Waals surface area (Å²) in [4.78, 5) is 16.3. The number of rotatable bonds is 1. The van der Waals surface area contributed by atoms with Crippen LogP contribution < -0.4 is 4.74 Å². The number of Topliss-reactive ketones (excluding diaryl/α,β-unsaturated/α-hetero) is 1. The van der Waals surface area contributed by atoms with E-state index in [2.05, 4.69) is 20.9 Å². The van der Waals surface area contributed by atoms with E-state index in [1.807, 2.05) is 6.07 Å². The molecule has 1 aliphatic heterocycles. The molecule has 3 rings (SSSR count). The molecule has 0 N–H and O–H groups in total. The number of pyridine rings is 1. The standard InChI is InChI=1S/C14H9BrFNO2/c15-10-6-8(16)5-9-12(18)7-13(19-14(9)10)11-3-1-2-4-17-11/h1-6,13H,7H2. The minimum atomic E-state index is -0.459. The summed E-state index contributed by atoms with van der Waals surface area (Å²) in [5.74, 6) is -0.218. The molecule has 0 fully saturated rings. The highest BCUT2D eigenvalue weighted by Crippen LogP contribution is 2.39. The number of fused-ring (bicyclic) bond motifs is 1. The molecule has 0 radical (unpaired) electrons. The normalized spacial score (nSPS) is 17.8. The minimum Gasteiger partial charge on any atom is -0.482 e. The smallest absolute Gasteiger partial charge is 0.170 e. The third-order valence-electron chi connectivity index (χ3n) is 2.96. The van der Waals surface area contributed by atoms with Crippen LogP contribution in [0.5, 0.6) is 5.75 Å². The molecule has 19 heavy (non-hydrogen) atoms. The number of carbonyl (C=O) groups is 1. The molecular formula is C14H9BrFNO2. The maximum absolute atomic E-state index is 13.3. The van der Waals surface area contributed by atoms with Crippen molar-refractivity contribution in [1.29, 1.82) is 0 Å². The van der Waals surface area contributed by atoms with Crippen LogP contribution in [0.4, 0.5) is 4.39 Å². The van der Waals surface area contributed by atoms with Crippen LogP contribution in [0.3, 0.4) is 0 Å². The van der Waals surface area contributed by atoms with Crippen LogP contribution in [0, 0.1) is 5.82 Å². The van der Waals surface area contributed by atoms with Crippen LogP contribution in [0.15, 0.2) is 41.0 Å². The zero-order chi connectivity index (χ0) is 13.4. The number of hydrogen-bond acceptors (Lipinski definition) is 3. The molecule has 0 aliphatic carbocycles. The number of hydrogen-bond donors (Lipinski definition) is 0. The fourth-order valence-electron chi connectivity index (χ4n) is 2.08. The van der Waals surface area contributed by atoms with Crippen LogP contribution in [0.25, 0.3) is 0 Å². The Morgan fingerprint density at radius 2 is 2.21 bits per heavy atom. The third kappa shape index (κ3) is 2.26. The second-order valence-corrected chi connectivity index (χ2v) is 5.11. The van der Waals surface area contributed by atoms with Gasteiger partial charge in [0, 0.05) is 6.20 Å². The molecule has 0 spiro atoms. The Labute approximate surface area is 117 Å². The molecule has 2 heterocycles. The van der Waals surface area contributed by atoms with Crippen LogP contribution in [0.1, 0.15) is 28.6 Å². The van der Waals surface area contributed by atoms with E-state index in [1.54, 1.807) is 18.3 Å². The number of ether oxygens (including phenoxy) is 1. The van der Waals surface area contributed by atoms with Crippen molar-refractivity contribution in [2.75, 3.05) is 0 Å². The van der Waals surface area contributed by atoms with E-state index in [0.29, 0.717) is 15.9 Å². The Morgan fingerprint density at radius 1 is 1.37 bits per heavy atom. The molecule has 1 unspecified atom stereocenters. The minimum absolute atomic E-state index is 0.142. The van der Waals surface area contributed by atoms with Gasteiger partial charge in [-0.05, 0) is 40.2 Å². The van der Waals surface area contributed by atoms with Crippen LogP contribution in [-0.4, -0.2) is 10.8 Å². The molecule has 3 nitrogen and oxygen atoms in total. The van der Waals surface area contributed by atoms with E-state index >= 15 is 0 Å². The van der Waals surface area contributed by atoms with Gasteiger partial charge in [-0.25, -0.2) is 4.39 Å². The summed E-state index contributed by atoms with van der Waals surface area (Å²) in [5.41, 5.74) is 0.969. The number of ketones is 1. The van der Waals surface area contributed by atoms with E-state index < -0.39 is 11.9 Å². The molecular weight excluding hydrogens is 313 g/mol. The molecule has 1 aliphatic rings. The van der Waals surface area contributed by atoms with Crippen LogP contribution >= 0.6 is 15.9 Å². The Bertz CT molecular complexity index is 645. The number of benzene rings is 1. The van der Waals surface area contributed by atoms with Gasteiger partial charge in [-0.2, -0.15) is 0 Å². The number of aromatic nitrogens is 1. The van der Waals surface area contributed by atoms with Crippen molar-refractivity contribution in [2.24, 2.45) is 0 Å². The first-order valence-electron chi connectivity index (χ1n) is 5.75. The van der Waals surface area contributed by atoms with Gasteiger partial charge in [-0.1, -0.05) is 6.07 Å². The first-order valence-corrected chi connectivity index (χ1v) is 6.54. The second-order valence-electron chi connectivity index (χ2n) is 4.25. The summed E-state index contributed by atoms with van der Waals surface area (Å²) < 4.78 is 19.5. The van der Waals surface area contributed by atoms with Gasteiger partial charge in [0.25, 0.3) is 0 Å². The summed E-state index contributed by atoms with van der Waals surface area (Å²) in [6.07, 6.45) is 1.39. The Hall–Kier alpha value is -1.75. The predicted octanol–water partition coefficient (Wildman–Crippen LogP) is 3.69. The number of carbonyl (C=O) groups excluding carboxylic acids is 1. The van der Waals surface area contributed by atoms with Gasteiger partial charge >= 0.3 is 0 Å². The van der Waals surface area contributed by atoms with Crippen molar-refractivity contribution in [3.63, 3.8) is 0 Å². The summed E-state index contributed by atoms with van der Waals surface area (Å²) in [6.45, 7) is 0. The Kier molecular flexibility index (Phi) is 3.06. The average molecular weight is 322 g/mol. The van der Waals surface area contributed by atoms with Crippen molar-refractivity contribution < 1.29 is 13.9 Å². The summed E-state index contributed by atoms with van der Waals surface area (Å²) >= 11 is 3.22. The molecule has 1 aromatic carbocycles. The van der Waals surface area contributed by atoms with Gasteiger partial charge < -0.3 is 4.74 Å². The predicted molar refractivity (Wildman–Crippen MR) is 70.7 cm³/mol. The maximum Gasteiger partial charge on any atom is 0.170 e. The third-order valence-corrected chi connectivity index (χ3v) is 3.55. The molecule has 5 heteroatoms. The van der Waals surface area contributed by atoms with Gasteiger partial charge in [0.05, 0.1) is 22.2 Å². The van der Waals surface area contributed by atoms with Gasteiger partial charge in [-0.15, -0.1) is 0 Å². The fraction of sp³-hybridized carbons (Fsp3) is 0.143. The topological polar surface area (TPSA) is 39.2 Å². The first-order chi connectivity index (χ1) is 9.15. The lowest BCUT2D eigenvalue weighted by Gasteiger charge is -2.25. The second kappa shape index (κ2) is 4.74. The highest BCUT2D eigenvalue weighted by atomic mass is 79.9. The Balaban J connectivity index is 2.03. The molecule has 96 valence electrons. The first kappa shape index (κ1) is 12.3. The molecule has 2 aromatic rings. The number of halogens is 2. The molecule has 0 saturated heterocycles. The largest absolute Gasteiger partial charge is 0.482 e. The summed E-state index contributed by atoms with van der Waals surface area (Å²) in [5, 5.41) is 0. The highest BCUT2D eigenvalue weighted by Gasteiger charge is 2.30. The molecule has 1 aromatic heterocycles. The van der Waals surface area contributed by atoms with Gasteiger partial charge in [0.2, 0.25) is 0 Å². The van der Waals surface area contributed by atoms with Crippen LogP contribution in [0.2, 0.25) is 0 Å². The van der Waals surface area contributed by atoms with Crippen molar-refractivity contribution >= 4 is 21.7 Å². The zero-order valence-corrected chi connectivity index (χ0v) is 11.4. The monoisotopic (exact) mass is 321 g/mol. The Morgan fingerprint density at radius 3 is 2.95 bits per heavy atom. The van der Waals surface area contributed by atoms with Crippen molar-refractivity contribution in [3.8, 4) is 5.75 Å². The van der Waals surface area contributed by atoms with E-state index in [-0.39, 0.29) is 17.8 Å². The van der Waals surface area contributed by atoms with Crippen molar-refractivity contribution in [1.82, 2.24) is 4.98 Å². The lowest BCUT2D eigenvalue weighted by molar-refractivity contribution is 0.0842. The van der Waals surface area contributed by atoms with E-state index in [4.69, 9.17) is 4.74 Å². The van der Waals surface area contributed by atoms with Gasteiger partial charge in [-0.3, -0.25) is 9.78 Å². The van der Waals surface area contributed by atoms with Crippen molar-refractivity contribution in [2.45, 2.75) is 12.5 Å². The highest BCUT2D eigenvalue weighted by molar-refractivity contribution is 9.10. The van der Waals surface area contributed by atoms with E-state index in [1.165, 1.54) is 12.1 Å². The summed E-state index contributed by atoms with van der Waals surface area (Å²) in [6, 6.07) is 7.93. The zero-order valence-electron chi connectivity index (χ0n) is 9.77. The molecule has 0 saturated carbocycles. The van der Waals surface area contributed by atoms with Gasteiger partial charge in [0.15, 0.2) is 5.78 Å². The van der Waals surface area contributed by atoms with E-state index in [9.17, 15) is 9.18 Å².